The highest BCUT2D eigenvalue weighted by Gasteiger charge is 2.07. The quantitative estimate of drug-likeness (QED) is 0.796. The Morgan fingerprint density at radius 3 is 2.71 bits per heavy atom. The maximum absolute atomic E-state index is 6.12. The van der Waals surface area contributed by atoms with Gasteiger partial charge in [-0.1, -0.05) is 29.8 Å². The summed E-state index contributed by atoms with van der Waals surface area (Å²) in [4.78, 5) is 4.62. The molecule has 2 aromatic rings. The molecule has 1 aromatic carbocycles. The van der Waals surface area contributed by atoms with Crippen molar-refractivity contribution < 1.29 is 0 Å². The second kappa shape index (κ2) is 4.68. The van der Waals surface area contributed by atoms with Crippen molar-refractivity contribution in [2.75, 3.05) is 0 Å². The van der Waals surface area contributed by atoms with Crippen molar-refractivity contribution in [3.8, 4) is 0 Å². The molecule has 0 aliphatic heterocycles. The Morgan fingerprint density at radius 2 is 2.00 bits per heavy atom. The van der Waals surface area contributed by atoms with Crippen LogP contribution in [0.3, 0.4) is 0 Å². The highest BCUT2D eigenvalue weighted by Crippen LogP contribution is 2.20. The van der Waals surface area contributed by atoms with E-state index < -0.39 is 0 Å². The number of pyridine rings is 1. The first kappa shape index (κ1) is 11.8. The Balaban J connectivity index is 2.53. The number of para-hydroxylation sites is 1. The van der Waals surface area contributed by atoms with Gasteiger partial charge in [-0.3, -0.25) is 4.98 Å². The van der Waals surface area contributed by atoms with Crippen molar-refractivity contribution >= 4 is 10.9 Å². The predicted octanol–water partition coefficient (Wildman–Crippen LogP) is 3.51. The van der Waals surface area contributed by atoms with Crippen LogP contribution in [0.1, 0.15) is 31.1 Å². The zero-order valence-corrected chi connectivity index (χ0v) is 10.6. The SMILES string of the molecule is CC(C)=CC(N)c1cc(C)c2ccccc2n1. The zero-order valence-electron chi connectivity index (χ0n) is 10.6. The summed E-state index contributed by atoms with van der Waals surface area (Å²) in [5.41, 5.74) is 10.5. The average molecular weight is 226 g/mol. The molecule has 2 N–H and O–H groups in total. The molecule has 88 valence electrons. The fourth-order valence-corrected chi connectivity index (χ4v) is 1.99. The molecule has 0 radical (unpaired) electrons. The molecular formula is C15H18N2. The van der Waals surface area contributed by atoms with Gasteiger partial charge in [0.2, 0.25) is 0 Å². The van der Waals surface area contributed by atoms with Gasteiger partial charge in [0.25, 0.3) is 0 Å². The van der Waals surface area contributed by atoms with Crippen molar-refractivity contribution in [2.24, 2.45) is 5.73 Å². The first-order valence-corrected chi connectivity index (χ1v) is 5.85. The standard InChI is InChI=1S/C15H18N2/c1-10(2)8-13(16)15-9-11(3)12-6-4-5-7-14(12)17-15/h4-9,13H,16H2,1-3H3. The number of nitrogens with zero attached hydrogens (tertiary/aromatic N) is 1. The average Bonchev–Trinajstić information content (AvgIpc) is 2.28. The van der Waals surface area contributed by atoms with Crippen LogP contribution in [0, 0.1) is 6.92 Å². The molecule has 0 saturated heterocycles. The van der Waals surface area contributed by atoms with E-state index in [0.29, 0.717) is 0 Å². The van der Waals surface area contributed by atoms with E-state index in [4.69, 9.17) is 5.73 Å². The van der Waals surface area contributed by atoms with Gasteiger partial charge in [-0.05, 0) is 38.5 Å². The summed E-state index contributed by atoms with van der Waals surface area (Å²) in [6.07, 6.45) is 2.04. The molecule has 17 heavy (non-hydrogen) atoms. The molecule has 0 aliphatic carbocycles. The highest BCUT2D eigenvalue weighted by atomic mass is 14.8. The van der Waals surface area contributed by atoms with Gasteiger partial charge >= 0.3 is 0 Å². The summed E-state index contributed by atoms with van der Waals surface area (Å²) in [5, 5.41) is 1.20. The number of nitrogens with two attached hydrogens (primary N) is 1. The molecule has 0 aliphatic rings. The topological polar surface area (TPSA) is 38.9 Å². The Labute approximate surface area is 102 Å². The number of fused-ring (bicyclic) bond motifs is 1. The molecule has 0 bridgehead atoms. The Kier molecular flexibility index (Phi) is 3.25. The molecule has 0 amide bonds. The lowest BCUT2D eigenvalue weighted by Crippen LogP contribution is -2.10. The minimum absolute atomic E-state index is 0.122. The maximum atomic E-state index is 6.12. The lowest BCUT2D eigenvalue weighted by atomic mass is 10.1. The summed E-state index contributed by atoms with van der Waals surface area (Å²) in [7, 11) is 0. The fraction of sp³-hybridized carbons (Fsp3) is 0.267. The normalized spacial score (nSPS) is 12.5. The van der Waals surface area contributed by atoms with Crippen LogP contribution in [0.25, 0.3) is 10.9 Å². The van der Waals surface area contributed by atoms with Gasteiger partial charge < -0.3 is 5.73 Å². The number of hydrogen-bond acceptors (Lipinski definition) is 2. The molecule has 1 unspecified atom stereocenters. The van der Waals surface area contributed by atoms with Crippen LogP contribution < -0.4 is 5.73 Å². The van der Waals surface area contributed by atoms with Crippen LogP contribution in [-0.2, 0) is 0 Å². The van der Waals surface area contributed by atoms with Crippen molar-refractivity contribution in [2.45, 2.75) is 26.8 Å². The summed E-state index contributed by atoms with van der Waals surface area (Å²) < 4.78 is 0. The molecular weight excluding hydrogens is 208 g/mol. The monoisotopic (exact) mass is 226 g/mol. The first-order valence-electron chi connectivity index (χ1n) is 5.85. The molecule has 1 aromatic heterocycles. The van der Waals surface area contributed by atoms with E-state index in [-0.39, 0.29) is 6.04 Å². The van der Waals surface area contributed by atoms with Gasteiger partial charge in [-0.2, -0.15) is 0 Å². The fourth-order valence-electron chi connectivity index (χ4n) is 1.99. The second-order valence-electron chi connectivity index (χ2n) is 4.65. The van der Waals surface area contributed by atoms with Crippen molar-refractivity contribution in [3.63, 3.8) is 0 Å². The molecule has 0 spiro atoms. The first-order chi connectivity index (χ1) is 8.08. The summed E-state index contributed by atoms with van der Waals surface area (Å²) in [6, 6.07) is 10.1. The second-order valence-corrected chi connectivity index (χ2v) is 4.65. The van der Waals surface area contributed by atoms with Crippen LogP contribution in [-0.4, -0.2) is 4.98 Å². The number of benzene rings is 1. The van der Waals surface area contributed by atoms with Crippen LogP contribution in [0.4, 0.5) is 0 Å². The van der Waals surface area contributed by atoms with Gasteiger partial charge in [-0.15, -0.1) is 0 Å². The van der Waals surface area contributed by atoms with Gasteiger partial charge in [-0.25, -0.2) is 0 Å². The van der Waals surface area contributed by atoms with Gasteiger partial charge in [0.15, 0.2) is 0 Å². The number of allylic oxidation sites excluding steroid dienone is 1. The Bertz CT molecular complexity index is 566. The van der Waals surface area contributed by atoms with Crippen LogP contribution in [0.5, 0.6) is 0 Å². The summed E-state index contributed by atoms with van der Waals surface area (Å²) in [5.74, 6) is 0. The van der Waals surface area contributed by atoms with Crippen molar-refractivity contribution in [1.82, 2.24) is 4.98 Å². The van der Waals surface area contributed by atoms with Crippen LogP contribution >= 0.6 is 0 Å². The third-order valence-corrected chi connectivity index (χ3v) is 2.80. The van der Waals surface area contributed by atoms with Crippen molar-refractivity contribution in [3.05, 3.63) is 53.2 Å². The Morgan fingerprint density at radius 1 is 1.29 bits per heavy atom. The Hall–Kier alpha value is -1.67. The van der Waals surface area contributed by atoms with Gasteiger partial charge in [0.1, 0.15) is 0 Å². The third-order valence-electron chi connectivity index (χ3n) is 2.80. The smallest absolute Gasteiger partial charge is 0.0708 e. The molecule has 0 fully saturated rings. The van der Waals surface area contributed by atoms with Crippen LogP contribution in [0.15, 0.2) is 42.0 Å². The zero-order chi connectivity index (χ0) is 12.4. The number of rotatable bonds is 2. The van der Waals surface area contributed by atoms with E-state index in [0.717, 1.165) is 11.2 Å². The molecule has 2 nitrogen and oxygen atoms in total. The van der Waals surface area contributed by atoms with Gasteiger partial charge in [0.05, 0.1) is 17.3 Å². The maximum Gasteiger partial charge on any atom is 0.0708 e. The molecule has 1 atom stereocenters. The van der Waals surface area contributed by atoms with E-state index in [2.05, 4.69) is 24.0 Å². The molecule has 2 rings (SSSR count). The van der Waals surface area contributed by atoms with Gasteiger partial charge in [0, 0.05) is 5.39 Å². The summed E-state index contributed by atoms with van der Waals surface area (Å²) in [6.45, 7) is 6.20. The minimum Gasteiger partial charge on any atom is -0.319 e. The van der Waals surface area contributed by atoms with E-state index in [9.17, 15) is 0 Å². The summed E-state index contributed by atoms with van der Waals surface area (Å²) >= 11 is 0. The van der Waals surface area contributed by atoms with E-state index in [1.807, 2.05) is 38.1 Å². The highest BCUT2D eigenvalue weighted by molar-refractivity contribution is 5.82. The largest absolute Gasteiger partial charge is 0.319 e. The van der Waals surface area contributed by atoms with E-state index >= 15 is 0 Å². The number of aromatic nitrogens is 1. The third kappa shape index (κ3) is 2.53. The molecule has 0 saturated carbocycles. The van der Waals surface area contributed by atoms with E-state index in [1.165, 1.54) is 16.5 Å². The predicted molar refractivity (Wildman–Crippen MR) is 72.8 cm³/mol. The van der Waals surface area contributed by atoms with Crippen molar-refractivity contribution in [1.29, 1.82) is 0 Å². The minimum atomic E-state index is -0.122. The molecule has 1 heterocycles. The van der Waals surface area contributed by atoms with E-state index in [1.54, 1.807) is 0 Å². The number of hydrogen-bond donors (Lipinski definition) is 1. The molecule has 2 heteroatoms. The number of aryl methyl sites for hydroxylation is 1. The lowest BCUT2D eigenvalue weighted by molar-refractivity contribution is 0.858. The van der Waals surface area contributed by atoms with Crippen LogP contribution in [0.2, 0.25) is 0 Å². The lowest BCUT2D eigenvalue weighted by Gasteiger charge is -2.10.